The molecule has 0 aromatic carbocycles. The number of allylic oxidation sites excluding steroid dienone is 2. The monoisotopic (exact) mass is 504 g/mol. The Morgan fingerprint density at radius 2 is 1.06 bits per heavy atom. The second-order valence-electron chi connectivity index (χ2n) is 9.54. The van der Waals surface area contributed by atoms with Gasteiger partial charge in [-0.15, -0.1) is 0 Å². The van der Waals surface area contributed by atoms with Gasteiger partial charge in [-0.3, -0.25) is 9.59 Å². The molecule has 0 radical (unpaired) electrons. The first-order chi connectivity index (χ1) is 16.8. The molecule has 2 amide bonds. The van der Waals surface area contributed by atoms with Gasteiger partial charge >= 0.3 is 12.3 Å². The number of hydrogen-bond donors (Lipinski definition) is 0. The first-order valence-corrected chi connectivity index (χ1v) is 11.9. The lowest BCUT2D eigenvalue weighted by Gasteiger charge is -2.16. The highest BCUT2D eigenvalue weighted by Crippen LogP contribution is 2.30. The average molecular weight is 505 g/mol. The molecule has 2 saturated heterocycles. The van der Waals surface area contributed by atoms with Gasteiger partial charge in [0.2, 0.25) is 11.8 Å². The van der Waals surface area contributed by atoms with Crippen molar-refractivity contribution in [2.24, 2.45) is 0 Å². The van der Waals surface area contributed by atoms with Crippen LogP contribution < -0.4 is 0 Å². The molecule has 0 spiro atoms. The maximum Gasteiger partial charge on any atom is 0.514 e. The fourth-order valence-corrected chi connectivity index (χ4v) is 3.37. The first kappa shape index (κ1) is 28.7. The summed E-state index contributed by atoms with van der Waals surface area (Å²) in [5.74, 6) is 0.627. The Balaban J connectivity index is 1.64. The van der Waals surface area contributed by atoms with Gasteiger partial charge in [-0.2, -0.15) is 0 Å². The van der Waals surface area contributed by atoms with E-state index >= 15 is 0 Å². The van der Waals surface area contributed by atoms with Gasteiger partial charge in [0.15, 0.2) is 22.7 Å². The van der Waals surface area contributed by atoms with Gasteiger partial charge in [-0.1, -0.05) is 12.2 Å². The Kier molecular flexibility index (Phi) is 9.89. The van der Waals surface area contributed by atoms with Gasteiger partial charge in [0, 0.05) is 27.2 Å². The fourth-order valence-electron chi connectivity index (χ4n) is 3.37. The van der Waals surface area contributed by atoms with Crippen molar-refractivity contribution in [3.8, 4) is 0 Å². The number of amides is 2. The molecule has 2 rings (SSSR count). The summed E-state index contributed by atoms with van der Waals surface area (Å²) in [5, 5.41) is 0. The Morgan fingerprint density at radius 1 is 0.694 bits per heavy atom. The summed E-state index contributed by atoms with van der Waals surface area (Å²) in [5.41, 5.74) is -1.58. The quantitative estimate of drug-likeness (QED) is 0.233. The number of hydrogen-bond acceptors (Lipinski definition) is 8. The number of cyclic esters (lactones) is 4. The maximum absolute atomic E-state index is 12.2. The second-order valence-corrected chi connectivity index (χ2v) is 9.54. The van der Waals surface area contributed by atoms with Crippen molar-refractivity contribution >= 4 is 24.1 Å². The zero-order valence-electron chi connectivity index (χ0n) is 21.9. The summed E-state index contributed by atoms with van der Waals surface area (Å²) in [7, 11) is 3.39. The van der Waals surface area contributed by atoms with E-state index in [1.165, 1.54) is 12.2 Å². The van der Waals surface area contributed by atoms with E-state index in [0.717, 1.165) is 0 Å². The largest absolute Gasteiger partial charge is 0.514 e. The Morgan fingerprint density at radius 3 is 1.36 bits per heavy atom. The van der Waals surface area contributed by atoms with E-state index in [2.05, 4.69) is 0 Å². The van der Waals surface area contributed by atoms with Crippen LogP contribution in [0.25, 0.3) is 0 Å². The van der Waals surface area contributed by atoms with Crippen LogP contribution in [0, 0.1) is 0 Å². The van der Waals surface area contributed by atoms with Crippen LogP contribution in [0.1, 0.15) is 53.4 Å². The molecule has 198 valence electrons. The van der Waals surface area contributed by atoms with Crippen molar-refractivity contribution < 1.29 is 38.1 Å². The van der Waals surface area contributed by atoms with E-state index < -0.39 is 23.5 Å². The summed E-state index contributed by atoms with van der Waals surface area (Å²) >= 11 is 0. The minimum atomic E-state index is -0.792. The number of ether oxygens (including phenoxy) is 4. The lowest BCUT2D eigenvalue weighted by atomic mass is 10.1. The van der Waals surface area contributed by atoms with E-state index in [-0.39, 0.29) is 11.8 Å². The van der Waals surface area contributed by atoms with E-state index in [1.54, 1.807) is 75.9 Å². The average Bonchev–Trinajstić information content (AvgIpc) is 3.20. The zero-order chi connectivity index (χ0) is 26.9. The van der Waals surface area contributed by atoms with Gasteiger partial charge in [0.25, 0.3) is 0 Å². The normalized spacial score (nSPS) is 20.5. The molecule has 0 atom stereocenters. The van der Waals surface area contributed by atoms with E-state index in [4.69, 9.17) is 18.9 Å². The van der Waals surface area contributed by atoms with Crippen LogP contribution in [0.4, 0.5) is 9.59 Å². The number of carbonyl (C=O) groups excluding carboxylic acids is 4. The lowest BCUT2D eigenvalue weighted by Crippen LogP contribution is -2.26. The second kappa shape index (κ2) is 12.4. The minimum absolute atomic E-state index is 0.136. The molecule has 2 fully saturated rings. The van der Waals surface area contributed by atoms with E-state index in [1.807, 2.05) is 0 Å². The van der Waals surface area contributed by atoms with Gasteiger partial charge in [0.05, 0.1) is 0 Å². The minimum Gasteiger partial charge on any atom is -0.420 e. The van der Waals surface area contributed by atoms with Gasteiger partial charge in [0.1, 0.15) is 0 Å². The van der Waals surface area contributed by atoms with Crippen molar-refractivity contribution in [3.63, 3.8) is 0 Å². The summed E-state index contributed by atoms with van der Waals surface area (Å²) in [6.45, 7) is 7.90. The molecule has 0 aliphatic carbocycles. The van der Waals surface area contributed by atoms with Crippen LogP contribution in [0.15, 0.2) is 48.0 Å². The van der Waals surface area contributed by atoms with Crippen LogP contribution >= 0.6 is 0 Å². The fraction of sp³-hybridized carbons (Fsp3) is 0.538. The first-order valence-electron chi connectivity index (χ1n) is 11.9. The molecule has 36 heavy (non-hydrogen) atoms. The molecular formula is C26H36N2O8. The van der Waals surface area contributed by atoms with Crippen molar-refractivity contribution in [3.05, 3.63) is 48.0 Å². The molecular weight excluding hydrogens is 468 g/mol. The Hall–Kier alpha value is -3.56. The summed E-state index contributed by atoms with van der Waals surface area (Å²) in [6, 6.07) is 0. The molecule has 0 bridgehead atoms. The van der Waals surface area contributed by atoms with Crippen LogP contribution in [0.3, 0.4) is 0 Å². The highest BCUT2D eigenvalue weighted by molar-refractivity contribution is 5.87. The molecule has 0 aromatic rings. The number of nitrogens with zero attached hydrogens (tertiary/aromatic N) is 2. The van der Waals surface area contributed by atoms with Crippen LogP contribution in [0.5, 0.6) is 0 Å². The predicted octanol–water partition coefficient (Wildman–Crippen LogP) is 4.23. The number of carbonyl (C=O) groups is 4. The van der Waals surface area contributed by atoms with Crippen LogP contribution in [-0.2, 0) is 28.5 Å². The molecule has 0 saturated carbocycles. The van der Waals surface area contributed by atoms with Crippen molar-refractivity contribution in [1.29, 1.82) is 0 Å². The Bertz CT molecular complexity index is 896. The third kappa shape index (κ3) is 8.58. The Labute approximate surface area is 212 Å². The highest BCUT2D eigenvalue weighted by atomic mass is 16.8. The molecule has 0 N–H and O–H groups in total. The molecule has 0 aromatic heterocycles. The summed E-state index contributed by atoms with van der Waals surface area (Å²) in [4.78, 5) is 50.1. The SMILES string of the molecule is CN(CC/C=C1\OC(=O)OC1(C)C)C(=O)/C=C/CC/C=C/C(=O)N(C)CC/C=C1\OC(=O)OC1(C)C. The van der Waals surface area contributed by atoms with Crippen molar-refractivity contribution in [2.45, 2.75) is 64.6 Å². The van der Waals surface area contributed by atoms with Crippen molar-refractivity contribution in [2.75, 3.05) is 27.2 Å². The topological polar surface area (TPSA) is 112 Å². The molecule has 10 heteroatoms. The third-order valence-corrected chi connectivity index (χ3v) is 5.61. The summed E-state index contributed by atoms with van der Waals surface area (Å²) in [6.07, 6.45) is 10.9. The van der Waals surface area contributed by atoms with Gasteiger partial charge in [-0.05, 0) is 77.7 Å². The van der Waals surface area contributed by atoms with Crippen LogP contribution in [-0.4, -0.2) is 72.3 Å². The molecule has 2 aliphatic heterocycles. The molecule has 2 heterocycles. The molecule has 10 nitrogen and oxygen atoms in total. The standard InChI is InChI=1S/C26H36N2O8/c1-25(2)19(33-23(31)35-25)13-11-17-27(5)21(29)15-9-7-8-10-16-22(30)28(6)18-12-14-20-26(3,4)36-24(32)34-20/h9-10,13-16H,7-8,11-12,17-18H2,1-6H3/b15-9+,16-10+,19-13-,20-14-. The number of likely N-dealkylation sites (N-methyl/N-ethyl adjacent to an activating group) is 2. The number of unbranched alkanes of at least 4 members (excludes halogenated alkanes) is 1. The predicted molar refractivity (Wildman–Crippen MR) is 131 cm³/mol. The van der Waals surface area contributed by atoms with Gasteiger partial charge < -0.3 is 28.7 Å². The van der Waals surface area contributed by atoms with Crippen LogP contribution in [0.2, 0.25) is 0 Å². The molecule has 0 unspecified atom stereocenters. The zero-order valence-corrected chi connectivity index (χ0v) is 21.9. The lowest BCUT2D eigenvalue weighted by molar-refractivity contribution is -0.125. The van der Waals surface area contributed by atoms with E-state index in [9.17, 15) is 19.2 Å². The third-order valence-electron chi connectivity index (χ3n) is 5.61. The molecule has 2 aliphatic rings. The maximum atomic E-state index is 12.2. The van der Waals surface area contributed by atoms with Gasteiger partial charge in [-0.25, -0.2) is 9.59 Å². The van der Waals surface area contributed by atoms with Crippen molar-refractivity contribution in [1.82, 2.24) is 9.80 Å². The highest BCUT2D eigenvalue weighted by Gasteiger charge is 2.39. The van der Waals surface area contributed by atoms with E-state index in [0.29, 0.717) is 50.3 Å². The number of rotatable bonds is 11. The smallest absolute Gasteiger partial charge is 0.420 e. The summed E-state index contributed by atoms with van der Waals surface area (Å²) < 4.78 is 20.2.